The molecule has 0 amide bonds. The zero-order valence-corrected chi connectivity index (χ0v) is 8.55. The number of hydrogen-bond acceptors (Lipinski definition) is 4. The minimum Gasteiger partial charge on any atom is -0.768 e. The third kappa shape index (κ3) is 3.44. The van der Waals surface area contributed by atoms with E-state index in [2.05, 4.69) is 4.98 Å². The number of hydrogen-bond donors (Lipinski definition) is 0. The molecule has 0 saturated carbocycles. The van der Waals surface area contributed by atoms with Gasteiger partial charge in [-0.1, -0.05) is 0 Å². The zero-order valence-electron chi connectivity index (χ0n) is 6.91. The van der Waals surface area contributed by atoms with Crippen LogP contribution in [0.4, 0.5) is 8.78 Å². The number of nitrogens with zero attached hydrogens (tertiary/aromatic N) is 1. The van der Waals surface area contributed by atoms with Crippen LogP contribution in [0.5, 0.6) is 0 Å². The van der Waals surface area contributed by atoms with Crippen molar-refractivity contribution in [1.29, 1.82) is 0 Å². The smallest absolute Gasteiger partial charge is 0.768 e. The molecule has 1 aromatic rings. The second kappa shape index (κ2) is 4.62. The quantitative estimate of drug-likeness (QED) is 0.449. The number of halogens is 2. The molecular formula is C5H4F2LiNO2S2. The molecule has 0 aliphatic heterocycles. The molecular weight excluding hydrogens is 215 g/mol. The van der Waals surface area contributed by atoms with Crippen LogP contribution in [-0.2, 0) is 17.0 Å². The van der Waals surface area contributed by atoms with Gasteiger partial charge < -0.3 is 4.55 Å². The van der Waals surface area contributed by atoms with Crippen LogP contribution >= 0.6 is 11.3 Å². The molecule has 1 rings (SSSR count). The molecule has 68 valence electrons. The average Bonchev–Trinajstić information content (AvgIpc) is 2.30. The first-order valence-corrected chi connectivity index (χ1v) is 4.74. The van der Waals surface area contributed by atoms with Crippen molar-refractivity contribution in [2.45, 2.75) is 17.1 Å². The van der Waals surface area contributed by atoms with Crippen molar-refractivity contribution < 1.29 is 36.4 Å². The Morgan fingerprint density at radius 1 is 1.69 bits per heavy atom. The molecule has 0 bridgehead atoms. The maximum atomic E-state index is 12.5. The monoisotopic (exact) mass is 219 g/mol. The third-order valence-corrected chi connectivity index (χ3v) is 3.08. The van der Waals surface area contributed by atoms with Gasteiger partial charge >= 0.3 is 18.9 Å². The maximum absolute atomic E-state index is 12.5. The fraction of sp³-hybridized carbons (Fsp3) is 0.400. The summed E-state index contributed by atoms with van der Waals surface area (Å²) < 4.78 is 45.3. The molecule has 0 spiro atoms. The zero-order chi connectivity index (χ0) is 9.35. The van der Waals surface area contributed by atoms with Crippen molar-refractivity contribution in [3.05, 3.63) is 11.2 Å². The first-order valence-electron chi connectivity index (χ1n) is 2.84. The van der Waals surface area contributed by atoms with Gasteiger partial charge in [-0.15, -0.1) is 11.3 Å². The summed E-state index contributed by atoms with van der Waals surface area (Å²) in [5.74, 6) is -3.07. The van der Waals surface area contributed by atoms with Gasteiger partial charge in [0.05, 0.1) is 10.4 Å². The summed E-state index contributed by atoms with van der Waals surface area (Å²) >= 11 is -2.00. The van der Waals surface area contributed by atoms with Crippen molar-refractivity contribution in [3.8, 4) is 0 Å². The van der Waals surface area contributed by atoms with Crippen LogP contribution in [-0.4, -0.2) is 13.7 Å². The van der Waals surface area contributed by atoms with Crippen LogP contribution in [0.3, 0.4) is 0 Å². The molecule has 1 heterocycles. The van der Waals surface area contributed by atoms with Crippen molar-refractivity contribution in [3.63, 3.8) is 0 Å². The number of aromatic nitrogens is 1. The molecule has 0 N–H and O–H groups in total. The van der Waals surface area contributed by atoms with E-state index in [1.165, 1.54) is 0 Å². The molecule has 0 saturated heterocycles. The summed E-state index contributed by atoms with van der Waals surface area (Å²) in [5, 5.41) is -0.485. The Kier molecular flexibility index (Phi) is 4.69. The Morgan fingerprint density at radius 3 is 2.46 bits per heavy atom. The summed E-state index contributed by atoms with van der Waals surface area (Å²) in [6.45, 7) is 0.670. The Hall–Kier alpha value is 0.197. The maximum Gasteiger partial charge on any atom is 1.00 e. The van der Waals surface area contributed by atoms with E-state index in [1.54, 1.807) is 0 Å². The van der Waals surface area contributed by atoms with Crippen molar-refractivity contribution in [2.75, 3.05) is 0 Å². The van der Waals surface area contributed by atoms with Crippen molar-refractivity contribution in [1.82, 2.24) is 4.98 Å². The van der Waals surface area contributed by atoms with Gasteiger partial charge in [0.15, 0.2) is 5.01 Å². The minimum atomic E-state index is -3.07. The molecule has 0 aliphatic rings. The second-order valence-electron chi connectivity index (χ2n) is 2.11. The fourth-order valence-corrected chi connectivity index (χ4v) is 1.77. The van der Waals surface area contributed by atoms with Gasteiger partial charge in [0.2, 0.25) is 0 Å². The van der Waals surface area contributed by atoms with Crippen LogP contribution in [0.15, 0.2) is 10.4 Å². The van der Waals surface area contributed by atoms with Gasteiger partial charge in [0, 0.05) is 6.92 Å². The van der Waals surface area contributed by atoms with E-state index in [9.17, 15) is 17.5 Å². The van der Waals surface area contributed by atoms with Gasteiger partial charge in [-0.2, -0.15) is 8.78 Å². The molecule has 1 unspecified atom stereocenters. The van der Waals surface area contributed by atoms with Crippen LogP contribution < -0.4 is 18.9 Å². The molecule has 1 aromatic heterocycles. The molecule has 1 atom stereocenters. The Morgan fingerprint density at radius 2 is 2.23 bits per heavy atom. The molecule has 13 heavy (non-hydrogen) atoms. The molecule has 0 fully saturated rings. The minimum absolute atomic E-state index is 0. The Balaban J connectivity index is 0.00000144. The molecule has 3 nitrogen and oxygen atoms in total. The Labute approximate surface area is 92.0 Å². The standard InChI is InChI=1S/C5H5F2NO2S2.Li/c1-5(6,7)4-8-2-3(11-4)12(9)10;/h2H,1H3,(H,9,10);/q;+1/p-1. The van der Waals surface area contributed by atoms with Gasteiger partial charge in [-0.05, 0) is 11.1 Å². The fourth-order valence-electron chi connectivity index (χ4n) is 0.539. The number of rotatable bonds is 2. The predicted octanol–water partition coefficient (Wildman–Crippen LogP) is -1.50. The van der Waals surface area contributed by atoms with E-state index >= 15 is 0 Å². The number of alkyl halides is 2. The summed E-state index contributed by atoms with van der Waals surface area (Å²) in [7, 11) is 0. The average molecular weight is 219 g/mol. The van der Waals surface area contributed by atoms with E-state index in [0.29, 0.717) is 18.3 Å². The normalized spacial score (nSPS) is 13.5. The molecule has 0 radical (unpaired) electrons. The molecule has 0 aromatic carbocycles. The topological polar surface area (TPSA) is 53.0 Å². The molecule has 8 heteroatoms. The van der Waals surface area contributed by atoms with E-state index in [0.717, 1.165) is 6.20 Å². The Bertz CT molecular complexity index is 312. The van der Waals surface area contributed by atoms with Crippen molar-refractivity contribution in [2.24, 2.45) is 0 Å². The summed E-state index contributed by atoms with van der Waals surface area (Å²) in [4.78, 5) is 3.28. The third-order valence-electron chi connectivity index (χ3n) is 1.02. The second-order valence-corrected chi connectivity index (χ2v) is 4.31. The van der Waals surface area contributed by atoms with Crippen LogP contribution in [0.2, 0.25) is 0 Å². The number of thiazole rings is 1. The van der Waals surface area contributed by atoms with E-state index < -0.39 is 22.0 Å². The van der Waals surface area contributed by atoms with Crippen LogP contribution in [0.25, 0.3) is 0 Å². The SMILES string of the molecule is CC(F)(F)c1ncc(S(=O)[O-])s1.[Li+]. The van der Waals surface area contributed by atoms with Crippen LogP contribution in [0, 0.1) is 0 Å². The summed E-state index contributed by atoms with van der Waals surface area (Å²) in [5.41, 5.74) is 0. The summed E-state index contributed by atoms with van der Waals surface area (Å²) in [6, 6.07) is 0. The van der Waals surface area contributed by atoms with E-state index in [4.69, 9.17) is 0 Å². The molecule has 0 aliphatic carbocycles. The van der Waals surface area contributed by atoms with Gasteiger partial charge in [-0.25, -0.2) is 4.98 Å². The predicted molar refractivity (Wildman–Crippen MR) is 38.9 cm³/mol. The first kappa shape index (κ1) is 13.2. The van der Waals surface area contributed by atoms with E-state index in [-0.39, 0.29) is 23.1 Å². The van der Waals surface area contributed by atoms with Gasteiger partial charge in [0.25, 0.3) is 5.92 Å². The van der Waals surface area contributed by atoms with Gasteiger partial charge in [-0.3, -0.25) is 4.21 Å². The van der Waals surface area contributed by atoms with E-state index in [1.807, 2.05) is 0 Å². The van der Waals surface area contributed by atoms with Crippen molar-refractivity contribution >= 4 is 22.4 Å². The van der Waals surface area contributed by atoms with Crippen LogP contribution in [0.1, 0.15) is 11.9 Å². The summed E-state index contributed by atoms with van der Waals surface area (Å²) in [6.07, 6.45) is 0.917. The first-order chi connectivity index (χ1) is 5.41. The largest absolute Gasteiger partial charge is 1.00 e. The van der Waals surface area contributed by atoms with Gasteiger partial charge in [0.1, 0.15) is 0 Å².